The molecule has 0 spiro atoms. The van der Waals surface area contributed by atoms with Crippen LogP contribution in [-0.4, -0.2) is 26.9 Å². The third-order valence-corrected chi connectivity index (χ3v) is 3.27. The number of methoxy groups -OCH3 is 1. The molecule has 1 aliphatic rings. The zero-order valence-corrected chi connectivity index (χ0v) is 11.1. The molecule has 0 bridgehead atoms. The molecule has 1 atom stereocenters. The van der Waals surface area contributed by atoms with Gasteiger partial charge in [-0.25, -0.2) is 0 Å². The Kier molecular flexibility index (Phi) is 4.44. The standard InChI is InChI=1S/C14H21NO3/c1-10(5-6-15)11-3-4-13-14(12(11)9-16-2)18-8-7-17-13/h3-4,10H,5-9,15H2,1-2H3. The van der Waals surface area contributed by atoms with Crippen LogP contribution in [-0.2, 0) is 11.3 Å². The van der Waals surface area contributed by atoms with E-state index in [0.717, 1.165) is 23.5 Å². The van der Waals surface area contributed by atoms with Crippen LogP contribution in [0.25, 0.3) is 0 Å². The summed E-state index contributed by atoms with van der Waals surface area (Å²) in [5.74, 6) is 2.05. The third-order valence-electron chi connectivity index (χ3n) is 3.27. The van der Waals surface area contributed by atoms with Crippen LogP contribution >= 0.6 is 0 Å². The van der Waals surface area contributed by atoms with Crippen LogP contribution < -0.4 is 15.2 Å². The molecule has 1 aromatic carbocycles. The smallest absolute Gasteiger partial charge is 0.167 e. The second-order valence-electron chi connectivity index (χ2n) is 4.57. The molecule has 0 aromatic heterocycles. The minimum Gasteiger partial charge on any atom is -0.486 e. The van der Waals surface area contributed by atoms with Gasteiger partial charge in [0.2, 0.25) is 0 Å². The summed E-state index contributed by atoms with van der Waals surface area (Å²) in [7, 11) is 1.69. The summed E-state index contributed by atoms with van der Waals surface area (Å²) >= 11 is 0. The molecule has 0 fully saturated rings. The summed E-state index contributed by atoms with van der Waals surface area (Å²) in [6, 6.07) is 4.08. The summed E-state index contributed by atoms with van der Waals surface area (Å²) in [6.07, 6.45) is 0.955. The van der Waals surface area contributed by atoms with Gasteiger partial charge in [-0.05, 0) is 30.5 Å². The lowest BCUT2D eigenvalue weighted by Crippen LogP contribution is -2.18. The average Bonchev–Trinajstić information content (AvgIpc) is 2.39. The molecule has 100 valence electrons. The molecule has 0 amide bonds. The first-order chi connectivity index (χ1) is 8.77. The van der Waals surface area contributed by atoms with Gasteiger partial charge in [0.15, 0.2) is 11.5 Å². The van der Waals surface area contributed by atoms with E-state index in [9.17, 15) is 0 Å². The first-order valence-corrected chi connectivity index (χ1v) is 6.38. The molecule has 0 saturated heterocycles. The second kappa shape index (κ2) is 6.07. The lowest BCUT2D eigenvalue weighted by molar-refractivity contribution is 0.152. The minimum atomic E-state index is 0.399. The fraction of sp³-hybridized carbons (Fsp3) is 0.571. The predicted octanol–water partition coefficient (Wildman–Crippen LogP) is 2.06. The maximum absolute atomic E-state index is 5.74. The van der Waals surface area contributed by atoms with Gasteiger partial charge in [0.1, 0.15) is 13.2 Å². The lowest BCUT2D eigenvalue weighted by Gasteiger charge is -2.24. The lowest BCUT2D eigenvalue weighted by atomic mass is 9.92. The Morgan fingerprint density at radius 1 is 1.33 bits per heavy atom. The van der Waals surface area contributed by atoms with Crippen LogP contribution in [0, 0.1) is 0 Å². The Morgan fingerprint density at radius 2 is 2.11 bits per heavy atom. The zero-order valence-electron chi connectivity index (χ0n) is 11.1. The summed E-state index contributed by atoms with van der Waals surface area (Å²) in [4.78, 5) is 0. The number of hydrogen-bond donors (Lipinski definition) is 1. The number of benzene rings is 1. The molecule has 2 rings (SSSR count). The van der Waals surface area contributed by atoms with Gasteiger partial charge < -0.3 is 19.9 Å². The third kappa shape index (κ3) is 2.60. The van der Waals surface area contributed by atoms with E-state index in [4.69, 9.17) is 19.9 Å². The minimum absolute atomic E-state index is 0.399. The molecular formula is C14H21NO3. The normalized spacial score (nSPS) is 15.5. The Bertz CT molecular complexity index is 406. The van der Waals surface area contributed by atoms with Crippen LogP contribution in [0.3, 0.4) is 0 Å². The summed E-state index contributed by atoms with van der Waals surface area (Å²) < 4.78 is 16.6. The van der Waals surface area contributed by atoms with E-state index in [-0.39, 0.29) is 0 Å². The van der Waals surface area contributed by atoms with Crippen molar-refractivity contribution < 1.29 is 14.2 Å². The first kappa shape index (κ1) is 13.2. The fourth-order valence-corrected chi connectivity index (χ4v) is 2.35. The quantitative estimate of drug-likeness (QED) is 0.870. The molecule has 1 aromatic rings. The van der Waals surface area contributed by atoms with Gasteiger partial charge in [-0.1, -0.05) is 13.0 Å². The Labute approximate surface area is 108 Å². The van der Waals surface area contributed by atoms with E-state index in [1.165, 1.54) is 5.56 Å². The monoisotopic (exact) mass is 251 g/mol. The average molecular weight is 251 g/mol. The van der Waals surface area contributed by atoms with Crippen molar-refractivity contribution in [3.8, 4) is 11.5 Å². The van der Waals surface area contributed by atoms with Gasteiger partial charge in [0.05, 0.1) is 6.61 Å². The molecule has 0 saturated carbocycles. The van der Waals surface area contributed by atoms with Crippen molar-refractivity contribution in [1.29, 1.82) is 0 Å². The number of nitrogens with two attached hydrogens (primary N) is 1. The summed E-state index contributed by atoms with van der Waals surface area (Å²) in [5.41, 5.74) is 7.98. The zero-order chi connectivity index (χ0) is 13.0. The topological polar surface area (TPSA) is 53.7 Å². The van der Waals surface area contributed by atoms with Crippen molar-refractivity contribution in [3.05, 3.63) is 23.3 Å². The fourth-order valence-electron chi connectivity index (χ4n) is 2.35. The maximum Gasteiger partial charge on any atom is 0.167 e. The van der Waals surface area contributed by atoms with Crippen LogP contribution in [0.2, 0.25) is 0 Å². The molecule has 2 N–H and O–H groups in total. The number of rotatable bonds is 5. The van der Waals surface area contributed by atoms with Crippen LogP contribution in [0.1, 0.15) is 30.4 Å². The van der Waals surface area contributed by atoms with Crippen LogP contribution in [0.15, 0.2) is 12.1 Å². The summed E-state index contributed by atoms with van der Waals surface area (Å²) in [5, 5.41) is 0. The van der Waals surface area contributed by atoms with E-state index in [2.05, 4.69) is 13.0 Å². The number of hydrogen-bond acceptors (Lipinski definition) is 4. The Balaban J connectivity index is 2.39. The molecule has 1 aliphatic heterocycles. The van der Waals surface area contributed by atoms with Gasteiger partial charge in [-0.3, -0.25) is 0 Å². The van der Waals surface area contributed by atoms with E-state index in [1.807, 2.05) is 6.07 Å². The highest BCUT2D eigenvalue weighted by molar-refractivity contribution is 5.52. The van der Waals surface area contributed by atoms with Crippen molar-refractivity contribution in [1.82, 2.24) is 0 Å². The largest absolute Gasteiger partial charge is 0.486 e. The van der Waals surface area contributed by atoms with Crippen molar-refractivity contribution in [2.24, 2.45) is 5.73 Å². The van der Waals surface area contributed by atoms with Crippen molar-refractivity contribution in [2.45, 2.75) is 25.9 Å². The van der Waals surface area contributed by atoms with Crippen LogP contribution in [0.4, 0.5) is 0 Å². The van der Waals surface area contributed by atoms with Gasteiger partial charge in [0.25, 0.3) is 0 Å². The molecule has 0 radical (unpaired) electrons. The number of fused-ring (bicyclic) bond motifs is 1. The highest BCUT2D eigenvalue weighted by atomic mass is 16.6. The highest BCUT2D eigenvalue weighted by Gasteiger charge is 2.21. The van der Waals surface area contributed by atoms with E-state index < -0.39 is 0 Å². The van der Waals surface area contributed by atoms with Gasteiger partial charge >= 0.3 is 0 Å². The van der Waals surface area contributed by atoms with E-state index in [1.54, 1.807) is 7.11 Å². The molecule has 18 heavy (non-hydrogen) atoms. The highest BCUT2D eigenvalue weighted by Crippen LogP contribution is 2.39. The number of ether oxygens (including phenoxy) is 3. The van der Waals surface area contributed by atoms with Gasteiger partial charge in [-0.2, -0.15) is 0 Å². The molecule has 1 heterocycles. The maximum atomic E-state index is 5.74. The van der Waals surface area contributed by atoms with Gasteiger partial charge in [0, 0.05) is 12.7 Å². The van der Waals surface area contributed by atoms with Crippen molar-refractivity contribution in [3.63, 3.8) is 0 Å². The SMILES string of the molecule is COCc1c(C(C)CCN)ccc2c1OCCO2. The van der Waals surface area contributed by atoms with Gasteiger partial charge in [-0.15, -0.1) is 0 Å². The van der Waals surface area contributed by atoms with Crippen molar-refractivity contribution >= 4 is 0 Å². The Morgan fingerprint density at radius 3 is 2.83 bits per heavy atom. The molecule has 0 aliphatic carbocycles. The molecule has 4 nitrogen and oxygen atoms in total. The molecule has 4 heteroatoms. The Hall–Kier alpha value is -1.26. The van der Waals surface area contributed by atoms with E-state index in [0.29, 0.717) is 32.3 Å². The second-order valence-corrected chi connectivity index (χ2v) is 4.57. The summed E-state index contributed by atoms with van der Waals surface area (Å²) in [6.45, 7) is 4.60. The van der Waals surface area contributed by atoms with Crippen molar-refractivity contribution in [2.75, 3.05) is 26.9 Å². The van der Waals surface area contributed by atoms with Crippen LogP contribution in [0.5, 0.6) is 11.5 Å². The molecule has 1 unspecified atom stereocenters. The van der Waals surface area contributed by atoms with E-state index >= 15 is 0 Å². The molecular weight excluding hydrogens is 230 g/mol. The predicted molar refractivity (Wildman–Crippen MR) is 70.2 cm³/mol. The first-order valence-electron chi connectivity index (χ1n) is 6.38.